The smallest absolute Gasteiger partial charge is 0.265 e. The Morgan fingerprint density at radius 3 is 2.39 bits per heavy atom. The third-order valence-corrected chi connectivity index (χ3v) is 3.47. The molecule has 0 atom stereocenters. The number of para-hydroxylation sites is 2. The van der Waals surface area contributed by atoms with Gasteiger partial charge in [-0.05, 0) is 43.3 Å². The fourth-order valence-corrected chi connectivity index (χ4v) is 2.20. The number of fused-ring (bicyclic) bond motifs is 1. The van der Waals surface area contributed by atoms with E-state index >= 15 is 0 Å². The van der Waals surface area contributed by atoms with Crippen molar-refractivity contribution in [2.45, 2.75) is 13.5 Å². The standard InChI is InChI=1S/C17H16N4O2/c1-11-16(20-15-5-3-2-4-14(15)19-11)10-23-13-8-6-12(7-9-13)17(22)21-18/h2-9H,10,18H2,1H3,(H,21,22). The van der Waals surface area contributed by atoms with Crippen molar-refractivity contribution in [1.29, 1.82) is 0 Å². The average molecular weight is 308 g/mol. The van der Waals surface area contributed by atoms with Gasteiger partial charge in [0.05, 0.1) is 22.4 Å². The predicted octanol–water partition coefficient (Wildman–Crippen LogP) is 2.12. The van der Waals surface area contributed by atoms with Gasteiger partial charge < -0.3 is 4.74 Å². The van der Waals surface area contributed by atoms with E-state index in [9.17, 15) is 4.79 Å². The summed E-state index contributed by atoms with van der Waals surface area (Å²) in [6, 6.07) is 14.5. The van der Waals surface area contributed by atoms with Gasteiger partial charge in [-0.15, -0.1) is 0 Å². The van der Waals surface area contributed by atoms with Crippen LogP contribution in [0.4, 0.5) is 0 Å². The largest absolute Gasteiger partial charge is 0.487 e. The third-order valence-electron chi connectivity index (χ3n) is 3.47. The normalized spacial score (nSPS) is 10.5. The number of carbonyl (C=O) groups excluding carboxylic acids is 1. The summed E-state index contributed by atoms with van der Waals surface area (Å²) < 4.78 is 5.72. The van der Waals surface area contributed by atoms with E-state index in [0.29, 0.717) is 17.9 Å². The van der Waals surface area contributed by atoms with Crippen molar-refractivity contribution in [3.05, 3.63) is 65.5 Å². The molecule has 3 rings (SSSR count). The fourth-order valence-electron chi connectivity index (χ4n) is 2.20. The van der Waals surface area contributed by atoms with Crippen LogP contribution in [0.1, 0.15) is 21.7 Å². The number of hydrogen-bond acceptors (Lipinski definition) is 5. The number of benzene rings is 2. The van der Waals surface area contributed by atoms with Crippen LogP contribution in [0.3, 0.4) is 0 Å². The van der Waals surface area contributed by atoms with Crippen LogP contribution in [-0.2, 0) is 6.61 Å². The average Bonchev–Trinajstić information content (AvgIpc) is 2.59. The minimum atomic E-state index is -0.340. The van der Waals surface area contributed by atoms with Crippen molar-refractivity contribution in [2.24, 2.45) is 5.84 Å². The molecular weight excluding hydrogens is 292 g/mol. The van der Waals surface area contributed by atoms with Gasteiger partial charge in [0.1, 0.15) is 12.4 Å². The Bertz CT molecular complexity index is 847. The van der Waals surface area contributed by atoms with Gasteiger partial charge in [0, 0.05) is 5.56 Å². The molecule has 3 aromatic rings. The number of nitrogen functional groups attached to an aromatic ring is 1. The number of nitrogens with two attached hydrogens (primary N) is 1. The summed E-state index contributed by atoms with van der Waals surface area (Å²) >= 11 is 0. The zero-order valence-corrected chi connectivity index (χ0v) is 12.6. The quantitative estimate of drug-likeness (QED) is 0.438. The number of nitrogens with zero attached hydrogens (tertiary/aromatic N) is 2. The first kappa shape index (κ1) is 14.9. The van der Waals surface area contributed by atoms with Crippen LogP contribution >= 0.6 is 0 Å². The van der Waals surface area contributed by atoms with Crippen molar-refractivity contribution in [2.75, 3.05) is 0 Å². The fraction of sp³-hybridized carbons (Fsp3) is 0.118. The molecule has 23 heavy (non-hydrogen) atoms. The van der Waals surface area contributed by atoms with Crippen LogP contribution in [0.2, 0.25) is 0 Å². The maximum atomic E-state index is 11.4. The Morgan fingerprint density at radius 2 is 1.74 bits per heavy atom. The minimum Gasteiger partial charge on any atom is -0.487 e. The Labute approximate surface area is 133 Å². The summed E-state index contributed by atoms with van der Waals surface area (Å²) in [5, 5.41) is 0. The lowest BCUT2D eigenvalue weighted by Crippen LogP contribution is -2.29. The van der Waals surface area contributed by atoms with E-state index in [2.05, 4.69) is 15.4 Å². The molecule has 0 aliphatic carbocycles. The second kappa shape index (κ2) is 6.41. The lowest BCUT2D eigenvalue weighted by Gasteiger charge is -2.09. The molecule has 6 nitrogen and oxygen atoms in total. The van der Waals surface area contributed by atoms with Gasteiger partial charge >= 0.3 is 0 Å². The van der Waals surface area contributed by atoms with Crippen molar-refractivity contribution in [3.8, 4) is 5.75 Å². The minimum absolute atomic E-state index is 0.312. The molecule has 0 fully saturated rings. The van der Waals surface area contributed by atoms with Crippen LogP contribution in [0, 0.1) is 6.92 Å². The number of hydrogen-bond donors (Lipinski definition) is 2. The van der Waals surface area contributed by atoms with Crippen molar-refractivity contribution in [3.63, 3.8) is 0 Å². The van der Waals surface area contributed by atoms with Crippen LogP contribution in [-0.4, -0.2) is 15.9 Å². The van der Waals surface area contributed by atoms with E-state index in [4.69, 9.17) is 10.6 Å². The highest BCUT2D eigenvalue weighted by Gasteiger charge is 2.07. The predicted molar refractivity (Wildman–Crippen MR) is 86.7 cm³/mol. The summed E-state index contributed by atoms with van der Waals surface area (Å²) in [5.74, 6) is 5.40. The molecule has 116 valence electrons. The molecule has 1 amide bonds. The van der Waals surface area contributed by atoms with Gasteiger partial charge in [-0.2, -0.15) is 0 Å². The van der Waals surface area contributed by atoms with Crippen LogP contribution < -0.4 is 16.0 Å². The molecule has 3 N–H and O–H groups in total. The van der Waals surface area contributed by atoms with Crippen molar-refractivity contribution < 1.29 is 9.53 Å². The van der Waals surface area contributed by atoms with Gasteiger partial charge in [-0.25, -0.2) is 15.8 Å². The lowest BCUT2D eigenvalue weighted by molar-refractivity contribution is 0.0953. The topological polar surface area (TPSA) is 90.1 Å². The molecule has 0 unspecified atom stereocenters. The highest BCUT2D eigenvalue weighted by Crippen LogP contribution is 2.16. The number of rotatable bonds is 4. The molecule has 2 aromatic carbocycles. The van der Waals surface area contributed by atoms with Gasteiger partial charge in [0.25, 0.3) is 5.91 Å². The van der Waals surface area contributed by atoms with Gasteiger partial charge in [-0.1, -0.05) is 12.1 Å². The first-order valence-corrected chi connectivity index (χ1v) is 7.13. The molecule has 0 radical (unpaired) electrons. The SMILES string of the molecule is Cc1nc2ccccc2nc1COc1ccc(C(=O)NN)cc1. The van der Waals surface area contributed by atoms with Crippen LogP contribution in [0.25, 0.3) is 11.0 Å². The molecule has 0 aliphatic rings. The summed E-state index contributed by atoms with van der Waals surface area (Å²) in [4.78, 5) is 20.5. The molecule has 6 heteroatoms. The molecule has 0 saturated heterocycles. The number of carbonyl (C=O) groups is 1. The summed E-state index contributed by atoms with van der Waals surface area (Å²) in [7, 11) is 0. The number of aryl methyl sites for hydroxylation is 1. The van der Waals surface area contributed by atoms with Crippen molar-refractivity contribution in [1.82, 2.24) is 15.4 Å². The van der Waals surface area contributed by atoms with Gasteiger partial charge in [-0.3, -0.25) is 10.2 Å². The molecular formula is C17H16N4O2. The molecule has 1 heterocycles. The van der Waals surface area contributed by atoms with Gasteiger partial charge in [0.2, 0.25) is 0 Å². The Morgan fingerprint density at radius 1 is 1.09 bits per heavy atom. The third kappa shape index (κ3) is 3.27. The van der Waals surface area contributed by atoms with E-state index in [1.807, 2.05) is 31.2 Å². The molecule has 0 bridgehead atoms. The Kier molecular flexibility index (Phi) is 4.16. The maximum absolute atomic E-state index is 11.4. The van der Waals surface area contributed by atoms with E-state index in [1.165, 1.54) is 0 Å². The van der Waals surface area contributed by atoms with E-state index < -0.39 is 0 Å². The second-order valence-electron chi connectivity index (χ2n) is 5.03. The lowest BCUT2D eigenvalue weighted by atomic mass is 10.2. The highest BCUT2D eigenvalue weighted by atomic mass is 16.5. The van der Waals surface area contributed by atoms with E-state index in [-0.39, 0.29) is 5.91 Å². The number of hydrazine groups is 1. The zero-order valence-electron chi connectivity index (χ0n) is 12.6. The number of nitrogens with one attached hydrogen (secondary N) is 1. The number of amides is 1. The molecule has 0 aliphatic heterocycles. The molecule has 1 aromatic heterocycles. The Hall–Kier alpha value is -2.99. The number of aromatic nitrogens is 2. The maximum Gasteiger partial charge on any atom is 0.265 e. The van der Waals surface area contributed by atoms with E-state index in [1.54, 1.807) is 24.3 Å². The molecule has 0 saturated carbocycles. The number of ether oxygens (including phenoxy) is 1. The summed E-state index contributed by atoms with van der Waals surface area (Å²) in [6.07, 6.45) is 0. The summed E-state index contributed by atoms with van der Waals surface area (Å²) in [6.45, 7) is 2.22. The second-order valence-corrected chi connectivity index (χ2v) is 5.03. The molecule has 0 spiro atoms. The van der Waals surface area contributed by atoms with E-state index in [0.717, 1.165) is 22.4 Å². The highest BCUT2D eigenvalue weighted by molar-refractivity contribution is 5.93. The van der Waals surface area contributed by atoms with Crippen LogP contribution in [0.5, 0.6) is 5.75 Å². The Balaban J connectivity index is 1.75. The van der Waals surface area contributed by atoms with Crippen molar-refractivity contribution >= 4 is 16.9 Å². The first-order valence-electron chi connectivity index (χ1n) is 7.13. The first-order chi connectivity index (χ1) is 11.2. The monoisotopic (exact) mass is 308 g/mol. The van der Waals surface area contributed by atoms with Gasteiger partial charge in [0.15, 0.2) is 0 Å². The zero-order chi connectivity index (χ0) is 16.2. The van der Waals surface area contributed by atoms with Crippen LogP contribution in [0.15, 0.2) is 48.5 Å². The summed E-state index contributed by atoms with van der Waals surface area (Å²) in [5.41, 5.74) is 5.89.